The Kier molecular flexibility index (Phi) is 5.29. The van der Waals surface area contributed by atoms with Crippen LogP contribution in [-0.2, 0) is 12.6 Å². The van der Waals surface area contributed by atoms with E-state index in [2.05, 4.69) is 25.5 Å². The topological polar surface area (TPSA) is 93.7 Å². The lowest BCUT2D eigenvalue weighted by Gasteiger charge is -2.18. The first-order chi connectivity index (χ1) is 15.1. The summed E-state index contributed by atoms with van der Waals surface area (Å²) < 4.78 is 16.8. The third kappa shape index (κ3) is 3.87. The van der Waals surface area contributed by atoms with Crippen molar-refractivity contribution < 1.29 is 9.50 Å². The molecular weight excluding hydrogens is 409 g/mol. The molecule has 0 fully saturated rings. The molecule has 0 atom stereocenters. The molecule has 0 spiro atoms. The molecule has 0 aliphatic heterocycles. The van der Waals surface area contributed by atoms with Crippen molar-refractivity contribution in [3.63, 3.8) is 0 Å². The zero-order valence-electron chi connectivity index (χ0n) is 19.0. The van der Waals surface area contributed by atoms with Gasteiger partial charge in [-0.05, 0) is 58.9 Å². The fraction of sp³-hybridized carbons (Fsp3) is 0.304. The lowest BCUT2D eigenvalue weighted by atomic mass is 9.96. The maximum Gasteiger partial charge on any atom is 0.159 e. The molecule has 166 valence electrons. The van der Waals surface area contributed by atoms with E-state index in [1.54, 1.807) is 41.4 Å². The second-order valence-electron chi connectivity index (χ2n) is 8.36. The summed E-state index contributed by atoms with van der Waals surface area (Å²) in [7, 11) is 1.84. The van der Waals surface area contributed by atoms with Crippen molar-refractivity contribution >= 4 is 11.6 Å². The number of hydrogen-bond donors (Lipinski definition) is 2. The van der Waals surface area contributed by atoms with Gasteiger partial charge in [0.15, 0.2) is 11.6 Å². The quantitative estimate of drug-likeness (QED) is 0.490. The van der Waals surface area contributed by atoms with Gasteiger partial charge in [-0.25, -0.2) is 19.0 Å². The van der Waals surface area contributed by atoms with Crippen LogP contribution in [-0.4, -0.2) is 34.6 Å². The van der Waals surface area contributed by atoms with Crippen molar-refractivity contribution in [1.82, 2.24) is 29.5 Å². The van der Waals surface area contributed by atoms with E-state index < -0.39 is 5.60 Å². The summed E-state index contributed by atoms with van der Waals surface area (Å²) in [5, 5.41) is 22.9. The molecule has 0 aliphatic carbocycles. The summed E-state index contributed by atoms with van der Waals surface area (Å²) in [6.45, 7) is 9.20. The molecule has 0 bridgehead atoms. The van der Waals surface area contributed by atoms with Gasteiger partial charge in [-0.15, -0.1) is 0 Å². The van der Waals surface area contributed by atoms with E-state index in [-0.39, 0.29) is 5.82 Å². The zero-order chi connectivity index (χ0) is 23.2. The van der Waals surface area contributed by atoms with Gasteiger partial charge in [-0.3, -0.25) is 4.68 Å². The van der Waals surface area contributed by atoms with Crippen LogP contribution in [0, 0.1) is 26.6 Å². The molecule has 0 saturated carbocycles. The van der Waals surface area contributed by atoms with Crippen LogP contribution in [0.25, 0.3) is 17.1 Å². The number of halogens is 1. The maximum atomic E-state index is 13.3. The Hall–Kier alpha value is -3.59. The number of rotatable bonds is 5. The minimum absolute atomic E-state index is 0.280. The highest BCUT2D eigenvalue weighted by Gasteiger charge is 2.26. The Balaban J connectivity index is 1.68. The molecule has 0 radical (unpaired) electrons. The van der Waals surface area contributed by atoms with Gasteiger partial charge in [0.25, 0.3) is 0 Å². The summed E-state index contributed by atoms with van der Waals surface area (Å²) in [4.78, 5) is 8.68. The first-order valence-electron chi connectivity index (χ1n) is 10.2. The van der Waals surface area contributed by atoms with Gasteiger partial charge in [0.2, 0.25) is 0 Å². The normalized spacial score (nSPS) is 11.8. The highest BCUT2D eigenvalue weighted by atomic mass is 19.1. The average molecular weight is 436 g/mol. The first kappa shape index (κ1) is 21.6. The smallest absolute Gasteiger partial charge is 0.159 e. The Morgan fingerprint density at radius 2 is 1.72 bits per heavy atom. The standard InChI is InChI=1S/C23H26FN7O/c1-13-21(16-7-9-17(24)10-8-16)30(6)29-22(13)27-18-11-19(26-12-25-18)31-15(3)20(14(2)28-31)23(4,5)32/h7-12,32H,1-6H3,(H,25,26,27,29). The van der Waals surface area contributed by atoms with Crippen LogP contribution in [0.3, 0.4) is 0 Å². The lowest BCUT2D eigenvalue weighted by Crippen LogP contribution is -2.18. The Labute approximate surface area is 185 Å². The van der Waals surface area contributed by atoms with Crippen molar-refractivity contribution in [2.24, 2.45) is 7.05 Å². The zero-order valence-corrected chi connectivity index (χ0v) is 19.0. The molecule has 3 heterocycles. The summed E-state index contributed by atoms with van der Waals surface area (Å²) in [6, 6.07) is 8.10. The average Bonchev–Trinajstić information content (AvgIpc) is 3.17. The molecule has 0 amide bonds. The van der Waals surface area contributed by atoms with E-state index in [0.29, 0.717) is 17.5 Å². The van der Waals surface area contributed by atoms with E-state index in [0.717, 1.165) is 33.8 Å². The SMILES string of the molecule is Cc1nn(-c2cc(Nc3nn(C)c(-c4ccc(F)cc4)c3C)ncn2)c(C)c1C(C)(C)O. The van der Waals surface area contributed by atoms with E-state index in [4.69, 9.17) is 0 Å². The molecule has 32 heavy (non-hydrogen) atoms. The fourth-order valence-electron chi connectivity index (χ4n) is 4.16. The number of anilines is 2. The van der Waals surface area contributed by atoms with Crippen LogP contribution in [0.5, 0.6) is 0 Å². The minimum Gasteiger partial charge on any atom is -0.386 e. The molecule has 0 aliphatic rings. The van der Waals surface area contributed by atoms with Gasteiger partial charge in [0, 0.05) is 35.5 Å². The third-order valence-corrected chi connectivity index (χ3v) is 5.42. The summed E-state index contributed by atoms with van der Waals surface area (Å²) in [5.41, 5.74) is 3.99. The van der Waals surface area contributed by atoms with Crippen LogP contribution in [0.4, 0.5) is 16.0 Å². The number of aromatic nitrogens is 6. The van der Waals surface area contributed by atoms with Crippen LogP contribution in [0.1, 0.15) is 36.4 Å². The highest BCUT2D eigenvalue weighted by molar-refractivity contribution is 5.71. The lowest BCUT2D eigenvalue weighted by molar-refractivity contribution is 0.0772. The molecule has 4 rings (SSSR count). The van der Waals surface area contributed by atoms with Crippen LogP contribution in [0.2, 0.25) is 0 Å². The van der Waals surface area contributed by atoms with Gasteiger partial charge in [-0.2, -0.15) is 10.2 Å². The molecular formula is C23H26FN7O. The molecule has 9 heteroatoms. The largest absolute Gasteiger partial charge is 0.386 e. The molecule has 2 N–H and O–H groups in total. The second kappa shape index (κ2) is 7.83. The highest BCUT2D eigenvalue weighted by Crippen LogP contribution is 2.31. The Morgan fingerprint density at radius 3 is 2.34 bits per heavy atom. The molecule has 8 nitrogen and oxygen atoms in total. The number of nitrogens with zero attached hydrogens (tertiary/aromatic N) is 6. The molecule has 0 saturated heterocycles. The van der Waals surface area contributed by atoms with Gasteiger partial charge in [0.1, 0.15) is 18.0 Å². The maximum absolute atomic E-state index is 13.3. The summed E-state index contributed by atoms with van der Waals surface area (Å²) in [5.74, 6) is 1.49. The predicted molar refractivity (Wildman–Crippen MR) is 120 cm³/mol. The van der Waals surface area contributed by atoms with Crippen LogP contribution < -0.4 is 5.32 Å². The third-order valence-electron chi connectivity index (χ3n) is 5.42. The fourth-order valence-corrected chi connectivity index (χ4v) is 4.16. The van der Waals surface area contributed by atoms with Gasteiger partial charge in [0.05, 0.1) is 17.0 Å². The van der Waals surface area contributed by atoms with Crippen molar-refractivity contribution in [2.75, 3.05) is 5.32 Å². The Morgan fingerprint density at radius 1 is 1.03 bits per heavy atom. The van der Waals surface area contributed by atoms with E-state index in [1.807, 2.05) is 27.8 Å². The summed E-state index contributed by atoms with van der Waals surface area (Å²) in [6.07, 6.45) is 1.46. The van der Waals surface area contributed by atoms with Gasteiger partial charge >= 0.3 is 0 Å². The van der Waals surface area contributed by atoms with Crippen molar-refractivity contribution in [2.45, 2.75) is 40.2 Å². The van der Waals surface area contributed by atoms with Crippen molar-refractivity contribution in [3.05, 3.63) is 65.0 Å². The van der Waals surface area contributed by atoms with Crippen LogP contribution in [0.15, 0.2) is 36.7 Å². The number of benzene rings is 1. The summed E-state index contributed by atoms with van der Waals surface area (Å²) >= 11 is 0. The molecule has 1 aromatic carbocycles. The monoisotopic (exact) mass is 435 g/mol. The molecule has 4 aromatic rings. The van der Waals surface area contributed by atoms with E-state index in [9.17, 15) is 9.50 Å². The van der Waals surface area contributed by atoms with Gasteiger partial charge < -0.3 is 10.4 Å². The molecule has 3 aromatic heterocycles. The Bertz CT molecular complexity index is 1280. The van der Waals surface area contributed by atoms with Crippen molar-refractivity contribution in [1.29, 1.82) is 0 Å². The van der Waals surface area contributed by atoms with Crippen molar-refractivity contribution in [3.8, 4) is 17.1 Å². The van der Waals surface area contributed by atoms with E-state index in [1.165, 1.54) is 18.5 Å². The number of aliphatic hydroxyl groups is 1. The molecule has 0 unspecified atom stereocenters. The first-order valence-corrected chi connectivity index (χ1v) is 10.2. The number of nitrogens with one attached hydrogen (secondary N) is 1. The minimum atomic E-state index is -1.01. The van der Waals surface area contributed by atoms with Crippen LogP contribution >= 0.6 is 0 Å². The number of aryl methyl sites for hydroxylation is 2. The number of hydrogen-bond acceptors (Lipinski definition) is 6. The predicted octanol–water partition coefficient (Wildman–Crippen LogP) is 4.10. The van der Waals surface area contributed by atoms with Gasteiger partial charge in [-0.1, -0.05) is 0 Å². The second-order valence-corrected chi connectivity index (χ2v) is 8.36. The van der Waals surface area contributed by atoms with E-state index >= 15 is 0 Å².